The molecule has 0 aliphatic carbocycles. The molecular formula is C24H21N3O2S. The van der Waals surface area contributed by atoms with Gasteiger partial charge in [0.1, 0.15) is 5.76 Å². The van der Waals surface area contributed by atoms with Crippen molar-refractivity contribution in [1.29, 1.82) is 0 Å². The molecule has 2 aromatic heterocycles. The highest BCUT2D eigenvalue weighted by atomic mass is 32.1. The lowest BCUT2D eigenvalue weighted by Gasteiger charge is -2.13. The topological polar surface area (TPSA) is 58.7 Å². The molecule has 5 nitrogen and oxygen atoms in total. The Morgan fingerprint density at radius 1 is 1.00 bits per heavy atom. The normalized spacial score (nSPS) is 10.6. The third-order valence-electron chi connectivity index (χ3n) is 4.80. The molecule has 0 saturated heterocycles. The third-order valence-corrected chi connectivity index (χ3v) is 5.86. The molecule has 0 radical (unpaired) electrons. The minimum absolute atomic E-state index is 0.131. The van der Waals surface area contributed by atoms with E-state index in [1.54, 1.807) is 20.0 Å². The fourth-order valence-corrected chi connectivity index (χ4v) is 4.08. The van der Waals surface area contributed by atoms with Gasteiger partial charge in [-0.1, -0.05) is 65.8 Å². The summed E-state index contributed by atoms with van der Waals surface area (Å²) in [5.74, 6) is 1.02. The van der Waals surface area contributed by atoms with Crippen LogP contribution in [0.25, 0.3) is 0 Å². The highest BCUT2D eigenvalue weighted by molar-refractivity contribution is 7.12. The van der Waals surface area contributed by atoms with Gasteiger partial charge >= 0.3 is 0 Å². The summed E-state index contributed by atoms with van der Waals surface area (Å²) >= 11 is 1.39. The Morgan fingerprint density at radius 3 is 2.13 bits per heavy atom. The summed E-state index contributed by atoms with van der Waals surface area (Å²) in [5, 5.41) is 5.86. The lowest BCUT2D eigenvalue weighted by molar-refractivity contribution is 0.0995. The molecule has 2 heterocycles. The van der Waals surface area contributed by atoms with Gasteiger partial charge in [-0.25, -0.2) is 4.99 Å². The van der Waals surface area contributed by atoms with Crippen molar-refractivity contribution in [1.82, 2.24) is 5.16 Å². The molecule has 0 N–H and O–H groups in total. The van der Waals surface area contributed by atoms with E-state index in [1.807, 2.05) is 73.0 Å². The van der Waals surface area contributed by atoms with Crippen LogP contribution in [0.5, 0.6) is 0 Å². The molecule has 0 atom stereocenters. The zero-order valence-corrected chi connectivity index (χ0v) is 17.8. The van der Waals surface area contributed by atoms with Crippen molar-refractivity contribution in [3.05, 3.63) is 99.4 Å². The lowest BCUT2D eigenvalue weighted by atomic mass is 10.0. The van der Waals surface area contributed by atoms with Crippen molar-refractivity contribution in [3.63, 3.8) is 0 Å². The first-order chi connectivity index (χ1) is 14.5. The zero-order chi connectivity index (χ0) is 21.1. The molecule has 0 saturated carbocycles. The first kappa shape index (κ1) is 19.8. The lowest BCUT2D eigenvalue weighted by Crippen LogP contribution is -2.26. The Balaban J connectivity index is 1.72. The Kier molecular flexibility index (Phi) is 5.59. The number of amides is 1. The summed E-state index contributed by atoms with van der Waals surface area (Å²) in [6.45, 7) is 3.73. The number of anilines is 1. The van der Waals surface area contributed by atoms with Crippen molar-refractivity contribution in [2.45, 2.75) is 13.8 Å². The molecule has 1 amide bonds. The number of aliphatic imine (C=N–C) groups is 1. The van der Waals surface area contributed by atoms with Gasteiger partial charge in [-0.3, -0.25) is 9.69 Å². The van der Waals surface area contributed by atoms with Gasteiger partial charge in [0, 0.05) is 29.6 Å². The maximum absolute atomic E-state index is 13.0. The van der Waals surface area contributed by atoms with Gasteiger partial charge in [-0.2, -0.15) is 0 Å². The maximum atomic E-state index is 13.0. The minimum Gasteiger partial charge on any atom is -0.360 e. The molecule has 150 valence electrons. The summed E-state index contributed by atoms with van der Waals surface area (Å²) in [7, 11) is 1.70. The van der Waals surface area contributed by atoms with E-state index in [-0.39, 0.29) is 5.91 Å². The molecule has 0 unspecified atom stereocenters. The molecule has 6 heteroatoms. The first-order valence-electron chi connectivity index (χ1n) is 9.53. The molecule has 0 aliphatic rings. The van der Waals surface area contributed by atoms with E-state index in [9.17, 15) is 4.79 Å². The van der Waals surface area contributed by atoms with Crippen LogP contribution in [0.15, 0.2) is 81.6 Å². The number of aromatic nitrogens is 1. The molecule has 2 aromatic carbocycles. The average Bonchev–Trinajstić information content (AvgIpc) is 3.37. The predicted octanol–water partition coefficient (Wildman–Crippen LogP) is 5.80. The Morgan fingerprint density at radius 2 is 1.60 bits per heavy atom. The number of hydrogen-bond acceptors (Lipinski definition) is 5. The average molecular weight is 416 g/mol. The number of rotatable bonds is 5. The Bertz CT molecular complexity index is 1150. The van der Waals surface area contributed by atoms with Crippen LogP contribution < -0.4 is 4.90 Å². The van der Waals surface area contributed by atoms with Gasteiger partial charge in [-0.05, 0) is 19.4 Å². The van der Waals surface area contributed by atoms with Crippen molar-refractivity contribution in [3.8, 4) is 0 Å². The molecule has 0 spiro atoms. The van der Waals surface area contributed by atoms with Crippen molar-refractivity contribution < 1.29 is 9.32 Å². The summed E-state index contributed by atoms with van der Waals surface area (Å²) < 4.78 is 5.10. The maximum Gasteiger partial charge on any atom is 0.269 e. The van der Waals surface area contributed by atoms with Crippen molar-refractivity contribution in [2.24, 2.45) is 4.99 Å². The number of thiophene rings is 1. The van der Waals surface area contributed by atoms with Gasteiger partial charge < -0.3 is 4.52 Å². The van der Waals surface area contributed by atoms with Crippen molar-refractivity contribution >= 4 is 34.5 Å². The summed E-state index contributed by atoms with van der Waals surface area (Å²) in [5.41, 5.74) is 4.56. The number of carbonyl (C=O) groups excluding carboxylic acids is 1. The van der Waals surface area contributed by atoms with E-state index in [0.717, 1.165) is 28.1 Å². The molecule has 0 fully saturated rings. The second-order valence-corrected chi connectivity index (χ2v) is 7.81. The SMILES string of the molecule is Cc1cc(N(C)C(=O)c2scc(N=C(c3ccccc3)c3ccccc3)c2C)no1. The van der Waals surface area contributed by atoms with E-state index in [0.29, 0.717) is 16.5 Å². The quantitative estimate of drug-likeness (QED) is 0.387. The van der Waals surface area contributed by atoms with Crippen LogP contribution in [0.4, 0.5) is 11.5 Å². The van der Waals surface area contributed by atoms with Crippen LogP contribution in [0.3, 0.4) is 0 Å². The van der Waals surface area contributed by atoms with Gasteiger partial charge in [0.05, 0.1) is 16.3 Å². The molecular weight excluding hydrogens is 394 g/mol. The number of benzene rings is 2. The fourth-order valence-electron chi connectivity index (χ4n) is 3.10. The predicted molar refractivity (Wildman–Crippen MR) is 121 cm³/mol. The van der Waals surface area contributed by atoms with E-state index in [4.69, 9.17) is 9.52 Å². The van der Waals surface area contributed by atoms with Gasteiger partial charge in [0.25, 0.3) is 5.91 Å². The first-order valence-corrected chi connectivity index (χ1v) is 10.4. The molecule has 4 rings (SSSR count). The number of hydrogen-bond donors (Lipinski definition) is 0. The monoisotopic (exact) mass is 415 g/mol. The highest BCUT2D eigenvalue weighted by Crippen LogP contribution is 2.32. The number of nitrogens with zero attached hydrogens (tertiary/aromatic N) is 3. The van der Waals surface area contributed by atoms with E-state index in [2.05, 4.69) is 5.16 Å². The Hall–Kier alpha value is -3.51. The highest BCUT2D eigenvalue weighted by Gasteiger charge is 2.22. The third kappa shape index (κ3) is 3.95. The minimum atomic E-state index is -0.131. The molecule has 4 aromatic rings. The second kappa shape index (κ2) is 8.47. The van der Waals surface area contributed by atoms with E-state index in [1.165, 1.54) is 16.2 Å². The van der Waals surface area contributed by atoms with Gasteiger partial charge in [-0.15, -0.1) is 11.3 Å². The number of aryl methyl sites for hydroxylation is 1. The smallest absolute Gasteiger partial charge is 0.269 e. The van der Waals surface area contributed by atoms with Crippen LogP contribution in [0.2, 0.25) is 0 Å². The fraction of sp³-hybridized carbons (Fsp3) is 0.125. The van der Waals surface area contributed by atoms with Crippen LogP contribution in [0, 0.1) is 13.8 Å². The van der Waals surface area contributed by atoms with E-state index < -0.39 is 0 Å². The van der Waals surface area contributed by atoms with Crippen LogP contribution in [-0.4, -0.2) is 23.8 Å². The summed E-state index contributed by atoms with van der Waals surface area (Å²) in [6.07, 6.45) is 0. The Labute approximate surface area is 179 Å². The molecule has 0 bridgehead atoms. The second-order valence-electron chi connectivity index (χ2n) is 6.93. The molecule has 0 aliphatic heterocycles. The summed E-state index contributed by atoms with van der Waals surface area (Å²) in [4.78, 5) is 20.1. The summed E-state index contributed by atoms with van der Waals surface area (Å²) in [6, 6.07) is 21.9. The largest absolute Gasteiger partial charge is 0.360 e. The van der Waals surface area contributed by atoms with Gasteiger partial charge in [0.15, 0.2) is 5.82 Å². The van der Waals surface area contributed by atoms with Crippen LogP contribution in [-0.2, 0) is 0 Å². The van der Waals surface area contributed by atoms with Crippen LogP contribution >= 0.6 is 11.3 Å². The zero-order valence-electron chi connectivity index (χ0n) is 17.0. The standard InChI is InChI=1S/C24H21N3O2S/c1-16-14-21(26-29-16)27(3)24(28)23-17(2)20(15-30-23)25-22(18-10-6-4-7-11-18)19-12-8-5-9-13-19/h4-15H,1-3H3. The van der Waals surface area contributed by atoms with E-state index >= 15 is 0 Å². The number of carbonyl (C=O) groups is 1. The van der Waals surface area contributed by atoms with Crippen LogP contribution in [0.1, 0.15) is 32.1 Å². The van der Waals surface area contributed by atoms with Gasteiger partial charge in [0.2, 0.25) is 0 Å². The molecule has 30 heavy (non-hydrogen) atoms. The van der Waals surface area contributed by atoms with Crippen molar-refractivity contribution in [2.75, 3.05) is 11.9 Å².